The van der Waals surface area contributed by atoms with Gasteiger partial charge in [-0.3, -0.25) is 0 Å². The smallest absolute Gasteiger partial charge is 0.331 e. The first-order valence-electron chi connectivity index (χ1n) is 8.12. The van der Waals surface area contributed by atoms with E-state index in [9.17, 15) is 4.79 Å². The highest BCUT2D eigenvalue weighted by atomic mass is 16.5. The molecular formula is C17H33N3O3. The third-order valence-electron chi connectivity index (χ3n) is 3.72. The van der Waals surface area contributed by atoms with Crippen LogP contribution in [-0.4, -0.2) is 75.4 Å². The molecule has 0 aromatic heterocycles. The Morgan fingerprint density at radius 3 is 2.30 bits per heavy atom. The number of aliphatic carboxylic acids is 1. The van der Waals surface area contributed by atoms with Crippen LogP contribution in [0.25, 0.3) is 0 Å². The zero-order valence-corrected chi connectivity index (χ0v) is 15.5. The second-order valence-corrected chi connectivity index (χ2v) is 5.66. The lowest BCUT2D eigenvalue weighted by atomic mass is 9.99. The van der Waals surface area contributed by atoms with Gasteiger partial charge in [-0.05, 0) is 46.5 Å². The zero-order valence-electron chi connectivity index (χ0n) is 15.5. The number of carboxylic acids is 1. The van der Waals surface area contributed by atoms with Crippen LogP contribution in [0.5, 0.6) is 0 Å². The van der Waals surface area contributed by atoms with Gasteiger partial charge >= 0.3 is 5.97 Å². The minimum absolute atomic E-state index is 0.461. The minimum Gasteiger partial charge on any atom is -0.478 e. The molecule has 6 heteroatoms. The van der Waals surface area contributed by atoms with Crippen molar-refractivity contribution in [3.8, 4) is 0 Å². The first-order valence-corrected chi connectivity index (χ1v) is 8.12. The molecule has 0 bridgehead atoms. The molecule has 0 aromatic rings. The largest absolute Gasteiger partial charge is 0.478 e. The summed E-state index contributed by atoms with van der Waals surface area (Å²) in [7, 11) is 7.78. The molecule has 1 aliphatic rings. The summed E-state index contributed by atoms with van der Waals surface area (Å²) in [6.07, 6.45) is 3.09. The quantitative estimate of drug-likeness (QED) is 0.662. The van der Waals surface area contributed by atoms with Crippen molar-refractivity contribution in [2.75, 3.05) is 54.5 Å². The van der Waals surface area contributed by atoms with Gasteiger partial charge in [0, 0.05) is 38.5 Å². The van der Waals surface area contributed by atoms with Gasteiger partial charge in [0.25, 0.3) is 0 Å². The Hall–Kier alpha value is -1.53. The van der Waals surface area contributed by atoms with E-state index in [2.05, 4.69) is 43.1 Å². The third-order valence-corrected chi connectivity index (χ3v) is 3.72. The number of allylic oxidation sites excluding steroid dienone is 2. The average molecular weight is 327 g/mol. The Labute approximate surface area is 140 Å². The Morgan fingerprint density at radius 1 is 1.26 bits per heavy atom. The number of nitrogens with one attached hydrogen (secondary N) is 1. The van der Waals surface area contributed by atoms with Crippen LogP contribution in [0.15, 0.2) is 23.0 Å². The molecule has 23 heavy (non-hydrogen) atoms. The summed E-state index contributed by atoms with van der Waals surface area (Å²) in [6.45, 7) is 7.52. The van der Waals surface area contributed by atoms with Gasteiger partial charge in [-0.1, -0.05) is 6.92 Å². The van der Waals surface area contributed by atoms with Crippen molar-refractivity contribution in [2.24, 2.45) is 0 Å². The fourth-order valence-corrected chi connectivity index (χ4v) is 1.91. The molecule has 1 rings (SSSR count). The molecular weight excluding hydrogens is 294 g/mol. The number of hydrogen-bond acceptors (Lipinski definition) is 5. The maximum Gasteiger partial charge on any atom is 0.331 e. The fourth-order valence-electron chi connectivity index (χ4n) is 1.91. The van der Waals surface area contributed by atoms with E-state index in [0.717, 1.165) is 25.2 Å². The number of ether oxygens (including phenoxy) is 1. The Balaban J connectivity index is 0.000000841. The van der Waals surface area contributed by atoms with E-state index in [0.29, 0.717) is 25.1 Å². The van der Waals surface area contributed by atoms with Gasteiger partial charge in [0.05, 0.1) is 12.3 Å². The minimum atomic E-state index is -0.834. The summed E-state index contributed by atoms with van der Waals surface area (Å²) < 4.78 is 4.99. The number of rotatable bonds is 8. The normalized spacial score (nSPS) is 14.1. The molecule has 0 heterocycles. The molecule has 0 aromatic carbocycles. The van der Waals surface area contributed by atoms with Gasteiger partial charge in [-0.25, -0.2) is 4.79 Å². The second-order valence-electron chi connectivity index (χ2n) is 5.66. The van der Waals surface area contributed by atoms with Crippen molar-refractivity contribution in [1.29, 1.82) is 0 Å². The van der Waals surface area contributed by atoms with Crippen LogP contribution in [0.1, 0.15) is 26.7 Å². The summed E-state index contributed by atoms with van der Waals surface area (Å²) >= 11 is 0. The van der Waals surface area contributed by atoms with Gasteiger partial charge in [0.1, 0.15) is 0 Å². The highest BCUT2D eigenvalue weighted by Gasteiger charge is 2.19. The van der Waals surface area contributed by atoms with E-state index >= 15 is 0 Å². The van der Waals surface area contributed by atoms with Crippen molar-refractivity contribution >= 4 is 5.97 Å². The number of hydrogen-bond donors (Lipinski definition) is 2. The van der Waals surface area contributed by atoms with Crippen LogP contribution in [0.4, 0.5) is 0 Å². The second kappa shape index (κ2) is 12.0. The Kier molecular flexibility index (Phi) is 11.2. The fraction of sp³-hybridized carbons (Fsp3) is 0.706. The monoisotopic (exact) mass is 327 g/mol. The van der Waals surface area contributed by atoms with E-state index in [1.54, 1.807) is 13.2 Å². The first-order chi connectivity index (χ1) is 10.9. The van der Waals surface area contributed by atoms with E-state index in [-0.39, 0.29) is 0 Å². The molecule has 6 nitrogen and oxygen atoms in total. The van der Waals surface area contributed by atoms with E-state index < -0.39 is 5.97 Å². The summed E-state index contributed by atoms with van der Waals surface area (Å²) in [4.78, 5) is 15.3. The molecule has 0 aliphatic heterocycles. The topological polar surface area (TPSA) is 65.0 Å². The van der Waals surface area contributed by atoms with Crippen molar-refractivity contribution in [3.05, 3.63) is 23.0 Å². The highest BCUT2D eigenvalue weighted by Crippen LogP contribution is 2.24. The summed E-state index contributed by atoms with van der Waals surface area (Å²) in [5.41, 5.74) is 2.53. The van der Waals surface area contributed by atoms with Crippen LogP contribution in [0, 0.1) is 0 Å². The van der Waals surface area contributed by atoms with Crippen LogP contribution in [-0.2, 0) is 9.53 Å². The van der Waals surface area contributed by atoms with Crippen molar-refractivity contribution in [1.82, 2.24) is 15.1 Å². The number of carboxylic acid groups (broad SMARTS) is 1. The maximum absolute atomic E-state index is 11.0. The predicted molar refractivity (Wildman–Crippen MR) is 94.4 cm³/mol. The van der Waals surface area contributed by atoms with Gasteiger partial charge in [-0.15, -0.1) is 0 Å². The molecule has 134 valence electrons. The number of methoxy groups -OCH3 is 1. The first kappa shape index (κ1) is 21.5. The van der Waals surface area contributed by atoms with Crippen molar-refractivity contribution < 1.29 is 14.6 Å². The lowest BCUT2D eigenvalue weighted by molar-refractivity contribution is -0.132. The summed E-state index contributed by atoms with van der Waals surface area (Å²) in [5, 5.41) is 12.3. The lowest BCUT2D eigenvalue weighted by Gasteiger charge is -2.27. The lowest BCUT2D eigenvalue weighted by Crippen LogP contribution is -2.28. The zero-order chi connectivity index (χ0) is 17.8. The molecule has 0 atom stereocenters. The molecule has 1 aliphatic carbocycles. The van der Waals surface area contributed by atoms with Gasteiger partial charge in [0.15, 0.2) is 0 Å². The predicted octanol–water partition coefficient (Wildman–Crippen LogP) is 1.76. The van der Waals surface area contributed by atoms with Gasteiger partial charge in [-0.2, -0.15) is 0 Å². The van der Waals surface area contributed by atoms with Crippen molar-refractivity contribution in [2.45, 2.75) is 26.7 Å². The molecule has 0 radical (unpaired) electrons. The number of nitrogens with zero attached hydrogens (tertiary/aromatic N) is 2. The van der Waals surface area contributed by atoms with Gasteiger partial charge < -0.3 is 25.0 Å². The maximum atomic E-state index is 11.0. The molecule has 0 saturated carbocycles. The van der Waals surface area contributed by atoms with Gasteiger partial charge in [0.2, 0.25) is 0 Å². The molecule has 0 unspecified atom stereocenters. The Bertz CT molecular complexity index is 417. The molecule has 0 amide bonds. The molecule has 0 saturated heterocycles. The van der Waals surface area contributed by atoms with Crippen LogP contribution >= 0.6 is 0 Å². The SMILES string of the molecule is CCN(C)C.CCN(C)C1=C(NCCOC)C=C(C(=O)O)CC1. The molecule has 0 fully saturated rings. The van der Waals surface area contributed by atoms with Crippen LogP contribution in [0.2, 0.25) is 0 Å². The van der Waals surface area contributed by atoms with Crippen LogP contribution in [0.3, 0.4) is 0 Å². The van der Waals surface area contributed by atoms with Crippen molar-refractivity contribution in [3.63, 3.8) is 0 Å². The Morgan fingerprint density at radius 2 is 1.87 bits per heavy atom. The van der Waals surface area contributed by atoms with E-state index in [1.165, 1.54) is 5.70 Å². The standard InChI is InChI=1S/C13H22N2O3.C4H11N/c1-4-15(2)12-6-5-10(13(16)17)9-11(12)14-7-8-18-3;1-4-5(2)3/h9,14H,4-8H2,1-3H3,(H,16,17);4H2,1-3H3. The third kappa shape index (κ3) is 8.62. The highest BCUT2D eigenvalue weighted by molar-refractivity contribution is 5.87. The van der Waals surface area contributed by atoms with Crippen LogP contribution < -0.4 is 5.32 Å². The van der Waals surface area contributed by atoms with E-state index in [4.69, 9.17) is 9.84 Å². The number of carbonyl (C=O) groups is 1. The summed E-state index contributed by atoms with van der Waals surface area (Å²) in [6, 6.07) is 0. The average Bonchev–Trinajstić information content (AvgIpc) is 2.54. The summed E-state index contributed by atoms with van der Waals surface area (Å²) in [5.74, 6) is -0.834. The van der Waals surface area contributed by atoms with E-state index in [1.807, 2.05) is 7.05 Å². The molecule has 2 N–H and O–H groups in total. The molecule has 0 spiro atoms.